The number of carbonyl (C=O) groups is 2. The van der Waals surface area contributed by atoms with Crippen LogP contribution in [-0.4, -0.2) is 49.1 Å². The van der Waals surface area contributed by atoms with E-state index >= 15 is 0 Å². The normalized spacial score (nSPS) is 14.1. The molecule has 1 aliphatic rings. The van der Waals surface area contributed by atoms with Crippen LogP contribution in [0.25, 0.3) is 5.69 Å². The molecule has 0 saturated heterocycles. The van der Waals surface area contributed by atoms with Gasteiger partial charge in [0.15, 0.2) is 5.69 Å². The first-order valence-electron chi connectivity index (χ1n) is 8.51. The first-order chi connectivity index (χ1) is 12.2. The van der Waals surface area contributed by atoms with Gasteiger partial charge in [-0.25, -0.2) is 14.3 Å². The molecule has 2 N–H and O–H groups in total. The highest BCUT2D eigenvalue weighted by molar-refractivity contribution is 5.86. The van der Waals surface area contributed by atoms with Crippen LogP contribution in [0.3, 0.4) is 0 Å². The summed E-state index contributed by atoms with van der Waals surface area (Å²) in [5.74, 6) is -1.09. The van der Waals surface area contributed by atoms with E-state index in [4.69, 9.17) is 0 Å². The summed E-state index contributed by atoms with van der Waals surface area (Å²) in [6.45, 7) is 8.64. The fourth-order valence-corrected chi connectivity index (χ4v) is 3.12. The van der Waals surface area contributed by atoms with Gasteiger partial charge >= 0.3 is 12.0 Å². The summed E-state index contributed by atoms with van der Waals surface area (Å²) in [4.78, 5) is 25.4. The van der Waals surface area contributed by atoms with Crippen molar-refractivity contribution in [2.45, 2.75) is 46.2 Å². The second-order valence-corrected chi connectivity index (χ2v) is 7.51. The molecule has 138 valence electrons. The number of hydrogen-bond donors (Lipinski definition) is 2. The number of carboxylic acid groups (broad SMARTS) is 1. The number of aromatic carboxylic acids is 1. The Labute approximate surface area is 151 Å². The Bertz CT molecular complexity index is 866. The lowest BCUT2D eigenvalue weighted by atomic mass is 9.97. The van der Waals surface area contributed by atoms with E-state index in [0.717, 1.165) is 16.8 Å². The van der Waals surface area contributed by atoms with E-state index in [9.17, 15) is 14.7 Å². The third-order valence-corrected chi connectivity index (χ3v) is 4.34. The maximum Gasteiger partial charge on any atom is 0.358 e. The Morgan fingerprint density at radius 1 is 1.27 bits per heavy atom. The van der Waals surface area contributed by atoms with Crippen molar-refractivity contribution in [3.05, 3.63) is 40.7 Å². The van der Waals surface area contributed by atoms with E-state index in [1.807, 2.05) is 39.0 Å². The fraction of sp³-hybridized carbons (Fsp3) is 0.444. The largest absolute Gasteiger partial charge is 0.476 e. The van der Waals surface area contributed by atoms with Crippen LogP contribution in [0.2, 0.25) is 0 Å². The minimum Gasteiger partial charge on any atom is -0.476 e. The molecular weight excluding hydrogens is 334 g/mol. The molecule has 1 aliphatic heterocycles. The van der Waals surface area contributed by atoms with Crippen molar-refractivity contribution < 1.29 is 14.7 Å². The first kappa shape index (κ1) is 17.9. The number of carboxylic acids is 1. The molecule has 1 aromatic carbocycles. The summed E-state index contributed by atoms with van der Waals surface area (Å²) in [6.07, 6.45) is 0.671. The van der Waals surface area contributed by atoms with Gasteiger partial charge in [0.25, 0.3) is 0 Å². The molecule has 1 aromatic heterocycles. The van der Waals surface area contributed by atoms with E-state index in [-0.39, 0.29) is 17.3 Å². The Hall–Kier alpha value is -2.90. The van der Waals surface area contributed by atoms with Crippen molar-refractivity contribution in [1.82, 2.24) is 25.2 Å². The molecular formula is C18H23N5O3. The molecule has 0 fully saturated rings. The van der Waals surface area contributed by atoms with E-state index in [0.29, 0.717) is 25.2 Å². The lowest BCUT2D eigenvalue weighted by Crippen LogP contribution is -2.49. The third-order valence-electron chi connectivity index (χ3n) is 4.34. The van der Waals surface area contributed by atoms with Crippen LogP contribution in [0.5, 0.6) is 0 Å². The number of carbonyl (C=O) groups excluding carboxylic acids is 1. The molecule has 0 spiro atoms. The van der Waals surface area contributed by atoms with Gasteiger partial charge in [0.05, 0.1) is 11.4 Å². The van der Waals surface area contributed by atoms with Gasteiger partial charge in [-0.05, 0) is 51.3 Å². The standard InChI is InChI=1S/C18H23N5O3/c1-11-15(16(24)25)20-21-23(11)14-7-5-6-12-10-22(9-8-13(12)14)17(26)19-18(2,3)4/h5-7H,8-10H2,1-4H3,(H,19,26)(H,24,25). The summed E-state index contributed by atoms with van der Waals surface area (Å²) in [7, 11) is 0. The van der Waals surface area contributed by atoms with Gasteiger partial charge in [-0.1, -0.05) is 17.3 Å². The number of aromatic nitrogens is 3. The van der Waals surface area contributed by atoms with E-state index in [2.05, 4.69) is 15.6 Å². The van der Waals surface area contributed by atoms with Crippen LogP contribution < -0.4 is 5.32 Å². The van der Waals surface area contributed by atoms with Gasteiger partial charge in [0.1, 0.15) is 0 Å². The minimum atomic E-state index is -1.09. The van der Waals surface area contributed by atoms with Gasteiger partial charge in [0, 0.05) is 18.6 Å². The summed E-state index contributed by atoms with van der Waals surface area (Å²) >= 11 is 0. The first-order valence-corrected chi connectivity index (χ1v) is 8.51. The molecule has 8 nitrogen and oxygen atoms in total. The van der Waals surface area contributed by atoms with Gasteiger partial charge in [-0.3, -0.25) is 0 Å². The highest BCUT2D eigenvalue weighted by Crippen LogP contribution is 2.26. The van der Waals surface area contributed by atoms with Crippen molar-refractivity contribution in [2.75, 3.05) is 6.54 Å². The minimum absolute atomic E-state index is 0.0513. The number of nitrogens with one attached hydrogen (secondary N) is 1. The number of rotatable bonds is 2. The Kier molecular flexibility index (Phi) is 4.43. The Morgan fingerprint density at radius 3 is 2.62 bits per heavy atom. The second-order valence-electron chi connectivity index (χ2n) is 7.51. The average Bonchev–Trinajstić information content (AvgIpc) is 2.93. The SMILES string of the molecule is Cc1c(C(=O)O)nnn1-c1cccc2c1CCN(C(=O)NC(C)(C)C)C2. The quantitative estimate of drug-likeness (QED) is 0.858. The molecule has 3 rings (SSSR count). The predicted octanol–water partition coefficient (Wildman–Crippen LogP) is 2.14. The van der Waals surface area contributed by atoms with Crippen LogP contribution >= 0.6 is 0 Å². The highest BCUT2D eigenvalue weighted by Gasteiger charge is 2.26. The number of nitrogens with zero attached hydrogens (tertiary/aromatic N) is 4. The van der Waals surface area contributed by atoms with Crippen molar-refractivity contribution >= 4 is 12.0 Å². The van der Waals surface area contributed by atoms with E-state index < -0.39 is 5.97 Å². The van der Waals surface area contributed by atoms with Gasteiger partial charge in [-0.2, -0.15) is 0 Å². The van der Waals surface area contributed by atoms with Crippen LogP contribution in [0, 0.1) is 6.92 Å². The topological polar surface area (TPSA) is 100 Å². The summed E-state index contributed by atoms with van der Waals surface area (Å²) in [6, 6.07) is 5.69. The Morgan fingerprint density at radius 2 is 2.00 bits per heavy atom. The average molecular weight is 357 g/mol. The maximum absolute atomic E-state index is 12.4. The Balaban J connectivity index is 1.90. The number of benzene rings is 1. The maximum atomic E-state index is 12.4. The zero-order valence-electron chi connectivity index (χ0n) is 15.4. The van der Waals surface area contributed by atoms with Gasteiger partial charge in [0.2, 0.25) is 0 Å². The van der Waals surface area contributed by atoms with Gasteiger partial charge < -0.3 is 15.3 Å². The molecule has 8 heteroatoms. The molecule has 0 aliphatic carbocycles. The predicted molar refractivity (Wildman–Crippen MR) is 95.5 cm³/mol. The summed E-state index contributed by atoms with van der Waals surface area (Å²) in [5.41, 5.74) is 3.06. The van der Waals surface area contributed by atoms with Crippen LogP contribution in [0.15, 0.2) is 18.2 Å². The van der Waals surface area contributed by atoms with E-state index in [1.165, 1.54) is 0 Å². The zero-order valence-corrected chi connectivity index (χ0v) is 15.4. The number of hydrogen-bond acceptors (Lipinski definition) is 4. The molecule has 0 atom stereocenters. The zero-order chi connectivity index (χ0) is 19.1. The molecule has 26 heavy (non-hydrogen) atoms. The van der Waals surface area contributed by atoms with Crippen molar-refractivity contribution in [2.24, 2.45) is 0 Å². The van der Waals surface area contributed by atoms with Crippen molar-refractivity contribution in [3.8, 4) is 5.69 Å². The molecule has 0 radical (unpaired) electrons. The molecule has 2 amide bonds. The second kappa shape index (κ2) is 6.44. The van der Waals surface area contributed by atoms with Crippen LogP contribution in [-0.2, 0) is 13.0 Å². The third kappa shape index (κ3) is 3.40. The van der Waals surface area contributed by atoms with Crippen LogP contribution in [0.4, 0.5) is 4.79 Å². The smallest absolute Gasteiger partial charge is 0.358 e. The van der Waals surface area contributed by atoms with Crippen molar-refractivity contribution in [3.63, 3.8) is 0 Å². The number of fused-ring (bicyclic) bond motifs is 1. The summed E-state index contributed by atoms with van der Waals surface area (Å²) < 4.78 is 1.56. The monoisotopic (exact) mass is 357 g/mol. The van der Waals surface area contributed by atoms with Crippen LogP contribution in [0.1, 0.15) is 48.1 Å². The fourth-order valence-electron chi connectivity index (χ4n) is 3.12. The summed E-state index contributed by atoms with van der Waals surface area (Å²) in [5, 5.41) is 19.9. The molecule has 0 saturated carbocycles. The van der Waals surface area contributed by atoms with E-state index in [1.54, 1.807) is 16.5 Å². The molecule has 0 unspecified atom stereocenters. The molecule has 0 bridgehead atoms. The molecule has 2 aromatic rings. The number of amides is 2. The highest BCUT2D eigenvalue weighted by atomic mass is 16.4. The van der Waals surface area contributed by atoms with Gasteiger partial charge in [-0.15, -0.1) is 5.10 Å². The number of urea groups is 1. The molecule has 2 heterocycles. The lowest BCUT2D eigenvalue weighted by molar-refractivity contribution is 0.0689. The lowest BCUT2D eigenvalue weighted by Gasteiger charge is -2.33. The van der Waals surface area contributed by atoms with Crippen molar-refractivity contribution in [1.29, 1.82) is 0 Å².